The van der Waals surface area contributed by atoms with E-state index in [1.165, 1.54) is 82.2 Å². The van der Waals surface area contributed by atoms with Crippen molar-refractivity contribution in [1.82, 2.24) is 19.9 Å². The van der Waals surface area contributed by atoms with Crippen LogP contribution < -0.4 is 0 Å². The van der Waals surface area contributed by atoms with E-state index < -0.39 is 0 Å². The summed E-state index contributed by atoms with van der Waals surface area (Å²) in [5.41, 5.74) is 20.0. The van der Waals surface area contributed by atoms with Crippen molar-refractivity contribution in [3.05, 3.63) is 192 Å². The highest BCUT2D eigenvalue weighted by molar-refractivity contribution is 5.98. The fraction of sp³-hybridized carbons (Fsp3) is 0.213. The molecule has 1 spiro atoms. The molecule has 2 aromatic heterocycles. The second kappa shape index (κ2) is 13.7. The van der Waals surface area contributed by atoms with Gasteiger partial charge in [-0.2, -0.15) is 0 Å². The highest BCUT2D eigenvalue weighted by Crippen LogP contribution is 2.70. The minimum atomic E-state index is -0.120. The largest absolute Gasteiger partial charge is 0.244 e. The van der Waals surface area contributed by atoms with Gasteiger partial charge < -0.3 is 0 Å². The van der Waals surface area contributed by atoms with Crippen LogP contribution >= 0.6 is 0 Å². The first kappa shape index (κ1) is 37.3. The van der Waals surface area contributed by atoms with E-state index >= 15 is 0 Å². The summed E-state index contributed by atoms with van der Waals surface area (Å²) in [6.45, 7) is 4.85. The van der Waals surface area contributed by atoms with Crippen LogP contribution in [-0.2, 0) is 10.8 Å². The van der Waals surface area contributed by atoms with Crippen LogP contribution in [0.4, 0.5) is 0 Å². The summed E-state index contributed by atoms with van der Waals surface area (Å²) >= 11 is 0. The molecular formula is C61H48N4. The monoisotopic (exact) mass is 836 g/mol. The minimum Gasteiger partial charge on any atom is -0.244 e. The molecule has 0 atom stereocenters. The second-order valence-corrected chi connectivity index (χ2v) is 20.2. The van der Waals surface area contributed by atoms with Crippen molar-refractivity contribution in [3.8, 4) is 78.8 Å². The molecule has 0 saturated heterocycles. The second-order valence-electron chi connectivity index (χ2n) is 20.2. The molecule has 0 N–H and O–H groups in total. The lowest BCUT2D eigenvalue weighted by Crippen LogP contribution is -2.55. The van der Waals surface area contributed by atoms with Gasteiger partial charge in [-0.25, -0.2) is 19.9 Å². The molecule has 0 unspecified atom stereocenters. The van der Waals surface area contributed by atoms with E-state index in [1.54, 1.807) is 5.56 Å². The first-order valence-electron chi connectivity index (χ1n) is 23.7. The lowest BCUT2D eigenvalue weighted by atomic mass is 9.43. The Morgan fingerprint density at radius 2 is 1.00 bits per heavy atom. The molecule has 0 amide bonds. The van der Waals surface area contributed by atoms with Crippen LogP contribution in [0.2, 0.25) is 0 Å². The summed E-state index contributed by atoms with van der Waals surface area (Å²) in [5, 5.41) is 1.09. The van der Waals surface area contributed by atoms with E-state index in [0.29, 0.717) is 29.3 Å². The maximum atomic E-state index is 5.39. The third-order valence-electron chi connectivity index (χ3n) is 16.5. The zero-order valence-electron chi connectivity index (χ0n) is 36.8. The molecule has 0 aliphatic heterocycles. The number of aromatic nitrogens is 4. The van der Waals surface area contributed by atoms with Crippen LogP contribution in [0.3, 0.4) is 0 Å². The van der Waals surface area contributed by atoms with Crippen molar-refractivity contribution in [2.24, 2.45) is 23.7 Å². The third-order valence-corrected chi connectivity index (χ3v) is 16.5. The fourth-order valence-corrected chi connectivity index (χ4v) is 14.1. The van der Waals surface area contributed by atoms with Crippen LogP contribution in [0, 0.1) is 23.7 Å². The van der Waals surface area contributed by atoms with Gasteiger partial charge in [0.25, 0.3) is 0 Å². The third kappa shape index (κ3) is 5.37. The Hall–Kier alpha value is -7.04. The average Bonchev–Trinajstić information content (AvgIpc) is 3.78. The molecule has 6 aliphatic rings. The number of hydrogen-bond acceptors (Lipinski definition) is 4. The van der Waals surface area contributed by atoms with Gasteiger partial charge in [-0.3, -0.25) is 0 Å². The first-order chi connectivity index (χ1) is 31.9. The standard InChI is InChI=1S/C61H48N4/c1-60(2)50-22-8-7-18-45(50)47-20-11-21-48(56(47)60)46-19-12-23-51-55(46)49-27-25-42(35-52(49)61(51)43-30-36-29-37(32-43)33-44(61)31-36)58-63-57(41-17-10-16-40(34-41)38-13-4-3-5-14-38)64-59(65-58)54-28-26-39-15-6-9-24-53(39)62-54/h3-28,34-37,43-44H,29-33H2,1-2H3. The molecule has 15 rings (SSSR count). The molecule has 4 bridgehead atoms. The van der Waals surface area contributed by atoms with Crippen molar-refractivity contribution in [1.29, 1.82) is 0 Å². The number of rotatable bonds is 5. The molecule has 4 fully saturated rings. The Morgan fingerprint density at radius 1 is 0.400 bits per heavy atom. The summed E-state index contributed by atoms with van der Waals surface area (Å²) in [7, 11) is 0. The van der Waals surface area contributed by atoms with E-state index in [9.17, 15) is 0 Å². The molecule has 312 valence electrons. The van der Waals surface area contributed by atoms with Crippen molar-refractivity contribution >= 4 is 10.9 Å². The van der Waals surface area contributed by atoms with E-state index in [4.69, 9.17) is 19.9 Å². The molecule has 0 radical (unpaired) electrons. The van der Waals surface area contributed by atoms with Gasteiger partial charge >= 0.3 is 0 Å². The van der Waals surface area contributed by atoms with Gasteiger partial charge in [0.15, 0.2) is 17.5 Å². The van der Waals surface area contributed by atoms with Crippen molar-refractivity contribution in [2.75, 3.05) is 0 Å². The van der Waals surface area contributed by atoms with Gasteiger partial charge in [-0.1, -0.05) is 159 Å². The Balaban J connectivity index is 0.984. The predicted molar refractivity (Wildman–Crippen MR) is 263 cm³/mol. The summed E-state index contributed by atoms with van der Waals surface area (Å²) in [4.78, 5) is 21.0. The molecule has 9 aromatic rings. The first-order valence-corrected chi connectivity index (χ1v) is 23.7. The molecule has 4 saturated carbocycles. The number of pyridine rings is 1. The molecule has 65 heavy (non-hydrogen) atoms. The van der Waals surface area contributed by atoms with Crippen LogP contribution in [0.15, 0.2) is 170 Å². The normalized spacial score (nSPS) is 22.5. The van der Waals surface area contributed by atoms with E-state index in [0.717, 1.165) is 50.7 Å². The Bertz CT molecular complexity index is 3410. The fourth-order valence-electron chi connectivity index (χ4n) is 14.1. The van der Waals surface area contributed by atoms with Gasteiger partial charge in [0.1, 0.15) is 5.69 Å². The Morgan fingerprint density at radius 3 is 1.82 bits per heavy atom. The van der Waals surface area contributed by atoms with Crippen molar-refractivity contribution in [3.63, 3.8) is 0 Å². The number of benzene rings is 7. The Labute approximate surface area is 380 Å². The summed E-state index contributed by atoms with van der Waals surface area (Å²) in [6.07, 6.45) is 6.67. The number of fused-ring (bicyclic) bond motifs is 7. The molecular weight excluding hydrogens is 789 g/mol. The van der Waals surface area contributed by atoms with Crippen LogP contribution in [0.5, 0.6) is 0 Å². The summed E-state index contributed by atoms with van der Waals surface area (Å²) < 4.78 is 0. The predicted octanol–water partition coefficient (Wildman–Crippen LogP) is 14.8. The van der Waals surface area contributed by atoms with Crippen LogP contribution in [0.25, 0.3) is 89.7 Å². The van der Waals surface area contributed by atoms with Crippen LogP contribution in [0.1, 0.15) is 68.2 Å². The summed E-state index contributed by atoms with van der Waals surface area (Å²) in [5.74, 6) is 4.81. The topological polar surface area (TPSA) is 51.6 Å². The maximum Gasteiger partial charge on any atom is 0.182 e. The lowest BCUT2D eigenvalue weighted by Gasteiger charge is -2.61. The van der Waals surface area contributed by atoms with Gasteiger partial charge in [0.2, 0.25) is 0 Å². The Kier molecular flexibility index (Phi) is 7.89. The van der Waals surface area contributed by atoms with Gasteiger partial charge in [-0.05, 0) is 147 Å². The lowest BCUT2D eigenvalue weighted by molar-refractivity contribution is -0.0399. The smallest absolute Gasteiger partial charge is 0.182 e. The van der Waals surface area contributed by atoms with Crippen molar-refractivity contribution < 1.29 is 0 Å². The van der Waals surface area contributed by atoms with Gasteiger partial charge in [0, 0.05) is 27.3 Å². The van der Waals surface area contributed by atoms with Gasteiger partial charge in [-0.15, -0.1) is 0 Å². The maximum absolute atomic E-state index is 5.39. The summed E-state index contributed by atoms with van der Waals surface area (Å²) in [6, 6.07) is 62.2. The van der Waals surface area contributed by atoms with E-state index in [1.807, 2.05) is 6.07 Å². The minimum absolute atomic E-state index is 0.0524. The molecule has 7 aromatic carbocycles. The van der Waals surface area contributed by atoms with Crippen molar-refractivity contribution in [2.45, 2.75) is 56.8 Å². The number of hydrogen-bond donors (Lipinski definition) is 0. The SMILES string of the molecule is CC1(C)c2ccccc2-c2cccc(-c3cccc4c3-c3ccc(-c5nc(-c6cccc(-c7ccccc7)c6)nc(-c6ccc7ccccc7n6)n5)cc3C43C4CC5CC(C4)CC3C5)c21. The zero-order valence-corrected chi connectivity index (χ0v) is 36.8. The molecule has 2 heterocycles. The quantitative estimate of drug-likeness (QED) is 0.173. The highest BCUT2D eigenvalue weighted by Gasteiger charge is 2.62. The zero-order chi connectivity index (χ0) is 43.0. The molecule has 6 aliphatic carbocycles. The van der Waals surface area contributed by atoms with Crippen LogP contribution in [-0.4, -0.2) is 19.9 Å². The van der Waals surface area contributed by atoms with E-state index in [2.05, 4.69) is 178 Å². The average molecular weight is 837 g/mol. The highest BCUT2D eigenvalue weighted by atomic mass is 15.0. The number of nitrogens with zero attached hydrogens (tertiary/aromatic N) is 4. The molecule has 4 heteroatoms. The van der Waals surface area contributed by atoms with Gasteiger partial charge in [0.05, 0.1) is 5.52 Å². The van der Waals surface area contributed by atoms with E-state index in [-0.39, 0.29) is 10.8 Å². The number of para-hydroxylation sites is 1. The molecule has 4 nitrogen and oxygen atoms in total.